The summed E-state index contributed by atoms with van der Waals surface area (Å²) in [4.78, 5) is 42.4. The molecule has 3 amide bonds. The van der Waals surface area contributed by atoms with Crippen molar-refractivity contribution in [2.45, 2.75) is 109 Å². The Bertz CT molecular complexity index is 1160. The van der Waals surface area contributed by atoms with Gasteiger partial charge in [-0.1, -0.05) is 46.0 Å². The number of nitrogens with one attached hydrogen (secondary N) is 3. The Labute approximate surface area is 246 Å². The highest BCUT2D eigenvalue weighted by molar-refractivity contribution is 5.97. The van der Waals surface area contributed by atoms with Crippen molar-refractivity contribution in [3.63, 3.8) is 0 Å². The Morgan fingerprint density at radius 2 is 1.55 bits per heavy atom. The Morgan fingerprint density at radius 1 is 0.857 bits per heavy atom. The number of aliphatic hydroxyl groups is 2. The summed E-state index contributed by atoms with van der Waals surface area (Å²) in [5, 5.41) is 29.8. The molecule has 0 fully saturated rings. The first-order chi connectivity index (χ1) is 19.9. The van der Waals surface area contributed by atoms with Gasteiger partial charge in [0, 0.05) is 25.4 Å². The minimum absolute atomic E-state index is 0.138. The molecule has 0 aliphatic heterocycles. The summed E-state index contributed by atoms with van der Waals surface area (Å²) in [6.07, 6.45) is 5.05. The molecule has 0 aliphatic carbocycles. The number of rotatable bonds is 17. The van der Waals surface area contributed by atoms with Gasteiger partial charge in [0.1, 0.15) is 29.9 Å². The fourth-order valence-electron chi connectivity index (χ4n) is 4.79. The van der Waals surface area contributed by atoms with Crippen LogP contribution in [-0.2, 0) is 22.4 Å². The number of unbranched alkanes of at least 4 members (excludes halogenated alkanes) is 3. The SMILES string of the molecule is CCCCCC[C@@H](NC(=O)c1cncc(CCC)c1)C(=O)N[C@@H](Cc1cc(F)cc(F)c1)[C@@H](O)[C@H](O)[C@@H](C)NC(C)=O. The van der Waals surface area contributed by atoms with Crippen LogP contribution in [0.25, 0.3) is 0 Å². The second-order valence-corrected chi connectivity index (χ2v) is 10.8. The molecule has 0 aliphatic rings. The zero-order valence-corrected chi connectivity index (χ0v) is 24.8. The fraction of sp³-hybridized carbons (Fsp3) is 0.548. The van der Waals surface area contributed by atoms with E-state index >= 15 is 0 Å². The van der Waals surface area contributed by atoms with Crippen LogP contribution in [0.2, 0.25) is 0 Å². The highest BCUT2D eigenvalue weighted by Gasteiger charge is 2.34. The topological polar surface area (TPSA) is 141 Å². The Hall–Kier alpha value is -3.44. The van der Waals surface area contributed by atoms with E-state index in [1.54, 1.807) is 12.3 Å². The van der Waals surface area contributed by atoms with Crippen molar-refractivity contribution in [3.8, 4) is 0 Å². The molecule has 0 unspecified atom stereocenters. The molecule has 0 saturated carbocycles. The van der Waals surface area contributed by atoms with Gasteiger partial charge in [-0.15, -0.1) is 0 Å². The third-order valence-electron chi connectivity index (χ3n) is 6.97. The van der Waals surface area contributed by atoms with E-state index in [-0.39, 0.29) is 12.0 Å². The standard InChI is InChI=1S/C31H44F2N4O5/c1-5-7-8-9-11-26(36-30(41)23-12-21(10-6-2)17-34-18-23)31(42)37-27(15-22-13-24(32)16-25(33)14-22)29(40)28(39)19(3)35-20(4)38/h12-14,16-19,26-29,39-40H,5-11,15H2,1-4H3,(H,35,38)(H,36,41)(H,37,42)/t19-,26-,27+,28-,29-/m1/s1. The highest BCUT2D eigenvalue weighted by atomic mass is 19.1. The number of pyridine rings is 1. The van der Waals surface area contributed by atoms with E-state index < -0.39 is 59.7 Å². The molecule has 0 radical (unpaired) electrons. The molecule has 2 aromatic rings. The number of carbonyl (C=O) groups excluding carboxylic acids is 3. The molecule has 0 bridgehead atoms. The molecule has 1 aromatic carbocycles. The van der Waals surface area contributed by atoms with Crippen LogP contribution in [0.3, 0.4) is 0 Å². The largest absolute Gasteiger partial charge is 0.388 e. The first-order valence-electron chi connectivity index (χ1n) is 14.6. The van der Waals surface area contributed by atoms with E-state index in [2.05, 4.69) is 27.9 Å². The normalized spacial score (nSPS) is 14.8. The molecule has 9 nitrogen and oxygen atoms in total. The second kappa shape index (κ2) is 17.5. The zero-order chi connectivity index (χ0) is 31.2. The zero-order valence-electron chi connectivity index (χ0n) is 24.8. The van der Waals surface area contributed by atoms with E-state index in [9.17, 15) is 33.4 Å². The van der Waals surface area contributed by atoms with E-state index in [1.165, 1.54) is 20.0 Å². The van der Waals surface area contributed by atoms with Crippen molar-refractivity contribution in [1.29, 1.82) is 0 Å². The van der Waals surface area contributed by atoms with E-state index in [0.29, 0.717) is 24.5 Å². The van der Waals surface area contributed by atoms with Gasteiger partial charge in [-0.2, -0.15) is 0 Å². The molecule has 2 rings (SSSR count). The number of hydrogen-bond donors (Lipinski definition) is 5. The van der Waals surface area contributed by atoms with Gasteiger partial charge in [0.2, 0.25) is 11.8 Å². The molecule has 1 heterocycles. The maximum absolute atomic E-state index is 13.9. The number of halogens is 2. The van der Waals surface area contributed by atoms with E-state index in [1.807, 2.05) is 6.92 Å². The molecule has 0 spiro atoms. The van der Waals surface area contributed by atoms with Crippen LogP contribution < -0.4 is 16.0 Å². The maximum Gasteiger partial charge on any atom is 0.253 e. The van der Waals surface area contributed by atoms with Crippen molar-refractivity contribution in [3.05, 3.63) is 65.0 Å². The first kappa shape index (κ1) is 34.8. The minimum Gasteiger partial charge on any atom is -0.388 e. The van der Waals surface area contributed by atoms with Crippen LogP contribution in [0.1, 0.15) is 87.7 Å². The van der Waals surface area contributed by atoms with Gasteiger partial charge in [0.05, 0.1) is 17.6 Å². The molecule has 5 atom stereocenters. The number of benzene rings is 1. The van der Waals surface area contributed by atoms with Crippen LogP contribution >= 0.6 is 0 Å². The molecule has 232 valence electrons. The average molecular weight is 591 g/mol. The van der Waals surface area contributed by atoms with Gasteiger partial charge in [-0.3, -0.25) is 19.4 Å². The van der Waals surface area contributed by atoms with Crippen molar-refractivity contribution < 1.29 is 33.4 Å². The number of amides is 3. The maximum atomic E-state index is 13.9. The number of hydrogen-bond acceptors (Lipinski definition) is 6. The van der Waals surface area contributed by atoms with E-state index in [0.717, 1.165) is 49.8 Å². The smallest absolute Gasteiger partial charge is 0.253 e. The second-order valence-electron chi connectivity index (χ2n) is 10.8. The van der Waals surface area contributed by atoms with Crippen LogP contribution in [0.15, 0.2) is 36.7 Å². The lowest BCUT2D eigenvalue weighted by Gasteiger charge is -2.32. The molecule has 42 heavy (non-hydrogen) atoms. The first-order valence-corrected chi connectivity index (χ1v) is 14.6. The van der Waals surface area contributed by atoms with Gasteiger partial charge >= 0.3 is 0 Å². The molecular formula is C31H44F2N4O5. The van der Waals surface area contributed by atoms with Gasteiger partial charge in [-0.25, -0.2) is 8.78 Å². The highest BCUT2D eigenvalue weighted by Crippen LogP contribution is 2.16. The predicted octanol–water partition coefficient (Wildman–Crippen LogP) is 3.36. The number of nitrogens with zero attached hydrogens (tertiary/aromatic N) is 1. The third kappa shape index (κ3) is 11.4. The lowest BCUT2D eigenvalue weighted by atomic mass is 9.93. The minimum atomic E-state index is -1.63. The Balaban J connectivity index is 2.32. The summed E-state index contributed by atoms with van der Waals surface area (Å²) in [6.45, 7) is 6.80. The molecule has 0 saturated heterocycles. The van der Waals surface area contributed by atoms with Gasteiger partial charge < -0.3 is 26.2 Å². The number of aromatic nitrogens is 1. The summed E-state index contributed by atoms with van der Waals surface area (Å²) in [5.41, 5.74) is 1.33. The Morgan fingerprint density at radius 3 is 2.17 bits per heavy atom. The average Bonchev–Trinajstić information content (AvgIpc) is 2.92. The van der Waals surface area contributed by atoms with Crippen LogP contribution in [0.5, 0.6) is 0 Å². The van der Waals surface area contributed by atoms with Gasteiger partial charge in [-0.05, 0) is 55.5 Å². The lowest BCUT2D eigenvalue weighted by molar-refractivity contribution is -0.126. The van der Waals surface area contributed by atoms with Gasteiger partial charge in [0.25, 0.3) is 5.91 Å². The van der Waals surface area contributed by atoms with Crippen LogP contribution in [0, 0.1) is 11.6 Å². The van der Waals surface area contributed by atoms with Gasteiger partial charge in [0.15, 0.2) is 0 Å². The molecule has 11 heteroatoms. The molecule has 1 aromatic heterocycles. The monoisotopic (exact) mass is 590 g/mol. The van der Waals surface area contributed by atoms with E-state index in [4.69, 9.17) is 0 Å². The van der Waals surface area contributed by atoms with Crippen LogP contribution in [0.4, 0.5) is 8.78 Å². The third-order valence-corrected chi connectivity index (χ3v) is 6.97. The number of carbonyl (C=O) groups is 3. The van der Waals surface area contributed by atoms with Crippen molar-refractivity contribution in [1.82, 2.24) is 20.9 Å². The fourth-order valence-corrected chi connectivity index (χ4v) is 4.79. The molecule has 5 N–H and O–H groups in total. The number of aryl methyl sites for hydroxylation is 1. The van der Waals surface area contributed by atoms with Crippen molar-refractivity contribution >= 4 is 17.7 Å². The summed E-state index contributed by atoms with van der Waals surface area (Å²) in [7, 11) is 0. The lowest BCUT2D eigenvalue weighted by Crippen LogP contribution is -2.58. The predicted molar refractivity (Wildman–Crippen MR) is 156 cm³/mol. The summed E-state index contributed by atoms with van der Waals surface area (Å²) < 4.78 is 27.9. The summed E-state index contributed by atoms with van der Waals surface area (Å²) in [6, 6.07) is 1.46. The summed E-state index contributed by atoms with van der Waals surface area (Å²) in [5.74, 6) is -3.22. The van der Waals surface area contributed by atoms with Crippen molar-refractivity contribution in [2.24, 2.45) is 0 Å². The number of aliphatic hydroxyl groups excluding tert-OH is 2. The Kier molecular flexibility index (Phi) is 14.5. The molecular weight excluding hydrogens is 546 g/mol. The van der Waals surface area contributed by atoms with Crippen molar-refractivity contribution in [2.75, 3.05) is 0 Å². The quantitative estimate of drug-likeness (QED) is 0.179. The van der Waals surface area contributed by atoms with Crippen LogP contribution in [-0.4, -0.2) is 63.3 Å². The summed E-state index contributed by atoms with van der Waals surface area (Å²) >= 11 is 0.